The number of nitrogens with one attached hydrogen (secondary N) is 2. The standard InChI is InChI=1S/C17H26N2O4/c1-11(19-17(20)13-7-5-6-8-18-13)12-9-14(21-2)16(23-4)15(10-12)22-3/h9-11,13,18H,5-8H2,1-4H3,(H,19,20). The lowest BCUT2D eigenvalue weighted by atomic mass is 10.0. The van der Waals surface area contributed by atoms with Crippen LogP contribution < -0.4 is 24.8 Å². The van der Waals surface area contributed by atoms with Crippen molar-refractivity contribution in [3.63, 3.8) is 0 Å². The van der Waals surface area contributed by atoms with Crippen molar-refractivity contribution >= 4 is 5.91 Å². The summed E-state index contributed by atoms with van der Waals surface area (Å²) in [4.78, 5) is 12.4. The molecule has 2 N–H and O–H groups in total. The monoisotopic (exact) mass is 322 g/mol. The molecule has 1 saturated heterocycles. The number of benzene rings is 1. The van der Waals surface area contributed by atoms with Gasteiger partial charge in [-0.25, -0.2) is 0 Å². The van der Waals surface area contributed by atoms with Crippen LogP contribution in [0.5, 0.6) is 17.2 Å². The largest absolute Gasteiger partial charge is 0.493 e. The predicted molar refractivity (Wildman–Crippen MR) is 88.3 cm³/mol. The van der Waals surface area contributed by atoms with Crippen molar-refractivity contribution in [2.24, 2.45) is 0 Å². The molecular weight excluding hydrogens is 296 g/mol. The molecule has 2 atom stereocenters. The molecule has 128 valence electrons. The summed E-state index contributed by atoms with van der Waals surface area (Å²) < 4.78 is 16.0. The van der Waals surface area contributed by atoms with Crippen LogP contribution in [0.2, 0.25) is 0 Å². The maximum atomic E-state index is 12.4. The summed E-state index contributed by atoms with van der Waals surface area (Å²) >= 11 is 0. The minimum atomic E-state index is -0.153. The highest BCUT2D eigenvalue weighted by Gasteiger charge is 2.23. The van der Waals surface area contributed by atoms with Gasteiger partial charge < -0.3 is 24.8 Å². The number of piperidine rings is 1. The third-order valence-electron chi connectivity index (χ3n) is 4.17. The van der Waals surface area contributed by atoms with Crippen LogP contribution in [0, 0.1) is 0 Å². The zero-order chi connectivity index (χ0) is 16.8. The van der Waals surface area contributed by atoms with Crippen LogP contribution in [0.25, 0.3) is 0 Å². The Morgan fingerprint density at radius 3 is 2.30 bits per heavy atom. The second-order valence-corrected chi connectivity index (χ2v) is 5.69. The molecular formula is C17H26N2O4. The molecule has 2 rings (SSSR count). The Morgan fingerprint density at radius 2 is 1.83 bits per heavy atom. The van der Waals surface area contributed by atoms with E-state index in [0.29, 0.717) is 17.2 Å². The molecule has 1 amide bonds. The van der Waals surface area contributed by atoms with Crippen LogP contribution in [0.4, 0.5) is 0 Å². The molecule has 0 spiro atoms. The average Bonchev–Trinajstić information content (AvgIpc) is 2.60. The maximum absolute atomic E-state index is 12.4. The molecule has 1 aliphatic heterocycles. The number of carbonyl (C=O) groups excluding carboxylic acids is 1. The first-order chi connectivity index (χ1) is 11.1. The lowest BCUT2D eigenvalue weighted by Gasteiger charge is -2.25. The Labute approximate surface area is 137 Å². The van der Waals surface area contributed by atoms with Gasteiger partial charge in [0, 0.05) is 0 Å². The van der Waals surface area contributed by atoms with E-state index in [1.54, 1.807) is 21.3 Å². The van der Waals surface area contributed by atoms with Crippen molar-refractivity contribution in [1.82, 2.24) is 10.6 Å². The SMILES string of the molecule is COc1cc(C(C)NC(=O)C2CCCCN2)cc(OC)c1OC. The number of hydrogen-bond acceptors (Lipinski definition) is 5. The zero-order valence-corrected chi connectivity index (χ0v) is 14.3. The number of ether oxygens (including phenoxy) is 3. The third-order valence-corrected chi connectivity index (χ3v) is 4.17. The lowest BCUT2D eigenvalue weighted by molar-refractivity contribution is -0.124. The normalized spacial score (nSPS) is 18.9. The van der Waals surface area contributed by atoms with Crippen molar-refractivity contribution < 1.29 is 19.0 Å². The fourth-order valence-electron chi connectivity index (χ4n) is 2.82. The van der Waals surface area contributed by atoms with Crippen LogP contribution in [0.1, 0.15) is 37.8 Å². The van der Waals surface area contributed by atoms with E-state index in [1.165, 1.54) is 0 Å². The van der Waals surface area contributed by atoms with E-state index < -0.39 is 0 Å². The molecule has 1 fully saturated rings. The second kappa shape index (κ2) is 8.06. The van der Waals surface area contributed by atoms with Crippen molar-refractivity contribution in [2.45, 2.75) is 38.3 Å². The summed E-state index contributed by atoms with van der Waals surface area (Å²) in [7, 11) is 4.73. The van der Waals surface area contributed by atoms with Crippen molar-refractivity contribution in [3.8, 4) is 17.2 Å². The van der Waals surface area contributed by atoms with Crippen LogP contribution in [-0.2, 0) is 4.79 Å². The third kappa shape index (κ3) is 4.07. The molecule has 1 aliphatic rings. The van der Waals surface area contributed by atoms with E-state index in [9.17, 15) is 4.79 Å². The van der Waals surface area contributed by atoms with E-state index in [2.05, 4.69) is 10.6 Å². The molecule has 2 unspecified atom stereocenters. The van der Waals surface area contributed by atoms with E-state index in [-0.39, 0.29) is 18.0 Å². The van der Waals surface area contributed by atoms with Crippen LogP contribution in [0.3, 0.4) is 0 Å². The van der Waals surface area contributed by atoms with Crippen LogP contribution >= 0.6 is 0 Å². The van der Waals surface area contributed by atoms with Gasteiger partial charge in [-0.1, -0.05) is 6.42 Å². The molecule has 0 aliphatic carbocycles. The molecule has 6 nitrogen and oxygen atoms in total. The van der Waals surface area contributed by atoms with Gasteiger partial charge in [-0.15, -0.1) is 0 Å². The zero-order valence-electron chi connectivity index (χ0n) is 14.3. The van der Waals surface area contributed by atoms with Gasteiger partial charge in [0.25, 0.3) is 0 Å². The van der Waals surface area contributed by atoms with Gasteiger partial charge in [0.1, 0.15) is 0 Å². The van der Waals surface area contributed by atoms with Gasteiger partial charge in [-0.2, -0.15) is 0 Å². The van der Waals surface area contributed by atoms with Gasteiger partial charge in [0.2, 0.25) is 11.7 Å². The highest BCUT2D eigenvalue weighted by atomic mass is 16.5. The highest BCUT2D eigenvalue weighted by molar-refractivity contribution is 5.82. The van der Waals surface area contributed by atoms with Crippen LogP contribution in [-0.4, -0.2) is 39.8 Å². The minimum absolute atomic E-state index is 0.0333. The molecule has 6 heteroatoms. The first-order valence-corrected chi connectivity index (χ1v) is 7.94. The molecule has 1 aromatic carbocycles. The second-order valence-electron chi connectivity index (χ2n) is 5.69. The lowest BCUT2D eigenvalue weighted by Crippen LogP contribution is -2.47. The first-order valence-electron chi connectivity index (χ1n) is 7.94. The van der Waals surface area contributed by atoms with E-state index in [0.717, 1.165) is 31.4 Å². The molecule has 0 bridgehead atoms. The van der Waals surface area contributed by atoms with Crippen LogP contribution in [0.15, 0.2) is 12.1 Å². The summed E-state index contributed by atoms with van der Waals surface area (Å²) in [5.74, 6) is 1.75. The Balaban J connectivity index is 2.14. The molecule has 0 saturated carbocycles. The Kier molecular flexibility index (Phi) is 6.10. The van der Waals surface area contributed by atoms with Gasteiger partial charge in [-0.3, -0.25) is 4.79 Å². The number of amides is 1. The molecule has 0 radical (unpaired) electrons. The molecule has 0 aromatic heterocycles. The van der Waals surface area contributed by atoms with Crippen molar-refractivity contribution in [3.05, 3.63) is 17.7 Å². The fourth-order valence-corrected chi connectivity index (χ4v) is 2.82. The van der Waals surface area contributed by atoms with Gasteiger partial charge in [-0.05, 0) is 44.0 Å². The highest BCUT2D eigenvalue weighted by Crippen LogP contribution is 2.39. The molecule has 1 aromatic rings. The smallest absolute Gasteiger partial charge is 0.237 e. The van der Waals surface area contributed by atoms with Gasteiger partial charge in [0.15, 0.2) is 11.5 Å². The Hall–Kier alpha value is -1.95. The van der Waals surface area contributed by atoms with Crippen molar-refractivity contribution in [1.29, 1.82) is 0 Å². The fraction of sp³-hybridized carbons (Fsp3) is 0.588. The number of rotatable bonds is 6. The maximum Gasteiger partial charge on any atom is 0.237 e. The number of carbonyl (C=O) groups is 1. The summed E-state index contributed by atoms with van der Waals surface area (Å²) in [6, 6.07) is 3.47. The van der Waals surface area contributed by atoms with Gasteiger partial charge in [0.05, 0.1) is 33.4 Å². The summed E-state index contributed by atoms with van der Waals surface area (Å²) in [6.45, 7) is 2.85. The summed E-state index contributed by atoms with van der Waals surface area (Å²) in [6.07, 6.45) is 3.10. The Bertz CT molecular complexity index is 516. The molecule has 23 heavy (non-hydrogen) atoms. The van der Waals surface area contributed by atoms with Gasteiger partial charge >= 0.3 is 0 Å². The predicted octanol–water partition coefficient (Wildman–Crippen LogP) is 2.03. The Morgan fingerprint density at radius 1 is 1.17 bits per heavy atom. The van der Waals surface area contributed by atoms with E-state index >= 15 is 0 Å². The number of hydrogen-bond donors (Lipinski definition) is 2. The average molecular weight is 322 g/mol. The summed E-state index contributed by atoms with van der Waals surface area (Å²) in [5, 5.41) is 6.31. The topological polar surface area (TPSA) is 68.8 Å². The first kappa shape index (κ1) is 17.4. The minimum Gasteiger partial charge on any atom is -0.493 e. The van der Waals surface area contributed by atoms with Crippen molar-refractivity contribution in [2.75, 3.05) is 27.9 Å². The van der Waals surface area contributed by atoms with E-state index in [4.69, 9.17) is 14.2 Å². The quantitative estimate of drug-likeness (QED) is 0.839. The molecule has 1 heterocycles. The summed E-state index contributed by atoms with van der Waals surface area (Å²) in [5.41, 5.74) is 0.906. The van der Waals surface area contributed by atoms with E-state index in [1.807, 2.05) is 19.1 Å². The number of methoxy groups -OCH3 is 3.